The SMILES string of the molecule is COC(=O)[C@]1(c2ccc(F)c(F)c2C)CC[C@H](O)C1. The summed E-state index contributed by atoms with van der Waals surface area (Å²) in [6, 6.07) is 2.41. The fraction of sp³-hybridized carbons (Fsp3) is 0.500. The third-order valence-corrected chi connectivity index (χ3v) is 3.92. The molecule has 104 valence electrons. The number of hydrogen-bond donors (Lipinski definition) is 1. The Balaban J connectivity index is 2.57. The second kappa shape index (κ2) is 4.89. The minimum Gasteiger partial charge on any atom is -0.468 e. The van der Waals surface area contributed by atoms with E-state index >= 15 is 0 Å². The van der Waals surface area contributed by atoms with Gasteiger partial charge in [0, 0.05) is 0 Å². The highest BCUT2D eigenvalue weighted by Gasteiger charge is 2.48. The third-order valence-electron chi connectivity index (χ3n) is 3.92. The summed E-state index contributed by atoms with van der Waals surface area (Å²) in [6.07, 6.45) is 0.345. The summed E-state index contributed by atoms with van der Waals surface area (Å²) in [6.45, 7) is 1.43. The molecule has 19 heavy (non-hydrogen) atoms. The summed E-state index contributed by atoms with van der Waals surface area (Å²) in [5.41, 5.74) is -0.582. The van der Waals surface area contributed by atoms with Gasteiger partial charge in [0.15, 0.2) is 11.6 Å². The van der Waals surface area contributed by atoms with Crippen molar-refractivity contribution in [2.24, 2.45) is 0 Å². The number of aliphatic hydroxyl groups excluding tert-OH is 1. The second-order valence-electron chi connectivity index (χ2n) is 5.00. The fourth-order valence-electron chi connectivity index (χ4n) is 2.93. The molecule has 0 aromatic heterocycles. The zero-order chi connectivity index (χ0) is 14.2. The van der Waals surface area contributed by atoms with E-state index < -0.39 is 29.1 Å². The van der Waals surface area contributed by atoms with Crippen molar-refractivity contribution in [3.05, 3.63) is 34.9 Å². The van der Waals surface area contributed by atoms with Crippen LogP contribution in [-0.2, 0) is 14.9 Å². The molecule has 0 radical (unpaired) electrons. The number of hydrogen-bond acceptors (Lipinski definition) is 3. The molecule has 0 bridgehead atoms. The van der Waals surface area contributed by atoms with Crippen LogP contribution in [0.4, 0.5) is 8.78 Å². The molecule has 0 saturated heterocycles. The van der Waals surface area contributed by atoms with Crippen LogP contribution in [0.2, 0.25) is 0 Å². The molecular weight excluding hydrogens is 254 g/mol. The van der Waals surface area contributed by atoms with Gasteiger partial charge in [-0.05, 0) is 43.4 Å². The van der Waals surface area contributed by atoms with Gasteiger partial charge in [-0.3, -0.25) is 4.79 Å². The standard InChI is InChI=1S/C14H16F2O3/c1-8-10(3-4-11(15)12(8)16)14(13(18)19-2)6-5-9(17)7-14/h3-4,9,17H,5-7H2,1-2H3/t9-,14+/m0/s1. The van der Waals surface area contributed by atoms with Crippen molar-refractivity contribution < 1.29 is 23.4 Å². The summed E-state index contributed by atoms with van der Waals surface area (Å²) in [5, 5.41) is 9.71. The van der Waals surface area contributed by atoms with E-state index in [0.29, 0.717) is 18.4 Å². The number of carbonyl (C=O) groups excluding carboxylic acids is 1. The van der Waals surface area contributed by atoms with Gasteiger partial charge in [0.05, 0.1) is 18.6 Å². The van der Waals surface area contributed by atoms with Crippen LogP contribution >= 0.6 is 0 Å². The Labute approximate surface area is 110 Å². The fourth-order valence-corrected chi connectivity index (χ4v) is 2.93. The van der Waals surface area contributed by atoms with Crippen molar-refractivity contribution in [2.45, 2.75) is 37.7 Å². The molecule has 1 aromatic carbocycles. The van der Waals surface area contributed by atoms with Gasteiger partial charge >= 0.3 is 5.97 Å². The van der Waals surface area contributed by atoms with Gasteiger partial charge in [-0.15, -0.1) is 0 Å². The molecule has 1 aliphatic rings. The Morgan fingerprint density at radius 1 is 1.47 bits per heavy atom. The Morgan fingerprint density at radius 2 is 2.16 bits per heavy atom. The Bertz CT molecular complexity index is 516. The van der Waals surface area contributed by atoms with Gasteiger partial charge in [0.1, 0.15) is 0 Å². The van der Waals surface area contributed by atoms with Crippen molar-refractivity contribution in [2.75, 3.05) is 7.11 Å². The minimum atomic E-state index is -1.08. The maximum atomic E-state index is 13.7. The molecule has 0 heterocycles. The number of esters is 1. The zero-order valence-electron chi connectivity index (χ0n) is 10.9. The maximum absolute atomic E-state index is 13.7. The zero-order valence-corrected chi connectivity index (χ0v) is 10.9. The van der Waals surface area contributed by atoms with Crippen LogP contribution in [0.5, 0.6) is 0 Å². The van der Waals surface area contributed by atoms with E-state index in [0.717, 1.165) is 6.07 Å². The number of aliphatic hydroxyl groups is 1. The van der Waals surface area contributed by atoms with Crippen LogP contribution in [0.15, 0.2) is 12.1 Å². The predicted molar refractivity (Wildman–Crippen MR) is 64.6 cm³/mol. The first kappa shape index (κ1) is 13.9. The van der Waals surface area contributed by atoms with Crippen LogP contribution < -0.4 is 0 Å². The number of methoxy groups -OCH3 is 1. The first-order valence-electron chi connectivity index (χ1n) is 6.14. The van der Waals surface area contributed by atoms with E-state index in [1.165, 1.54) is 20.1 Å². The Morgan fingerprint density at radius 3 is 2.68 bits per heavy atom. The van der Waals surface area contributed by atoms with Gasteiger partial charge in [0.25, 0.3) is 0 Å². The van der Waals surface area contributed by atoms with Crippen molar-refractivity contribution in [1.29, 1.82) is 0 Å². The molecule has 3 nitrogen and oxygen atoms in total. The highest BCUT2D eigenvalue weighted by molar-refractivity contribution is 5.84. The molecule has 1 fully saturated rings. The lowest BCUT2D eigenvalue weighted by Gasteiger charge is -2.28. The van der Waals surface area contributed by atoms with E-state index in [1.54, 1.807) is 0 Å². The number of rotatable bonds is 2. The molecule has 0 aliphatic heterocycles. The normalized spacial score (nSPS) is 26.5. The second-order valence-corrected chi connectivity index (χ2v) is 5.00. The summed E-state index contributed by atoms with van der Waals surface area (Å²) in [7, 11) is 1.25. The van der Waals surface area contributed by atoms with E-state index in [4.69, 9.17) is 4.74 Å². The minimum absolute atomic E-state index is 0.0968. The summed E-state index contributed by atoms with van der Waals surface area (Å²) in [4.78, 5) is 12.1. The number of carbonyl (C=O) groups is 1. The van der Waals surface area contributed by atoms with E-state index in [9.17, 15) is 18.7 Å². The quantitative estimate of drug-likeness (QED) is 0.838. The highest BCUT2D eigenvalue weighted by Crippen LogP contribution is 2.44. The monoisotopic (exact) mass is 270 g/mol. The maximum Gasteiger partial charge on any atom is 0.316 e. The van der Waals surface area contributed by atoms with Crippen LogP contribution in [-0.4, -0.2) is 24.3 Å². The molecule has 0 spiro atoms. The average Bonchev–Trinajstić information content (AvgIpc) is 2.78. The molecule has 0 amide bonds. The highest BCUT2D eigenvalue weighted by atomic mass is 19.2. The van der Waals surface area contributed by atoms with Crippen LogP contribution in [0.3, 0.4) is 0 Å². The number of halogens is 2. The topological polar surface area (TPSA) is 46.5 Å². The van der Waals surface area contributed by atoms with E-state index in [2.05, 4.69) is 0 Å². The lowest BCUT2D eigenvalue weighted by Crippen LogP contribution is -2.36. The van der Waals surface area contributed by atoms with E-state index in [1.807, 2.05) is 0 Å². The summed E-state index contributed by atoms with van der Waals surface area (Å²) < 4.78 is 31.7. The van der Waals surface area contributed by atoms with Crippen molar-refractivity contribution >= 4 is 5.97 Å². The molecule has 1 aliphatic carbocycles. The van der Waals surface area contributed by atoms with Gasteiger partial charge < -0.3 is 9.84 Å². The van der Waals surface area contributed by atoms with Crippen LogP contribution in [0, 0.1) is 18.6 Å². The van der Waals surface area contributed by atoms with Crippen LogP contribution in [0.25, 0.3) is 0 Å². The van der Waals surface area contributed by atoms with Gasteiger partial charge in [-0.25, -0.2) is 8.78 Å². The lowest BCUT2D eigenvalue weighted by molar-refractivity contribution is -0.147. The van der Waals surface area contributed by atoms with Gasteiger partial charge in [-0.1, -0.05) is 6.07 Å². The van der Waals surface area contributed by atoms with Crippen molar-refractivity contribution in [3.8, 4) is 0 Å². The smallest absolute Gasteiger partial charge is 0.316 e. The molecule has 5 heteroatoms. The first-order valence-corrected chi connectivity index (χ1v) is 6.14. The lowest BCUT2D eigenvalue weighted by atomic mass is 9.76. The average molecular weight is 270 g/mol. The molecule has 1 aromatic rings. The molecule has 1 N–H and O–H groups in total. The first-order chi connectivity index (χ1) is 8.92. The predicted octanol–water partition coefficient (Wildman–Crippen LogP) is 2.23. The van der Waals surface area contributed by atoms with Crippen LogP contribution in [0.1, 0.15) is 30.4 Å². The molecular formula is C14H16F2O3. The van der Waals surface area contributed by atoms with Crippen molar-refractivity contribution in [3.63, 3.8) is 0 Å². The number of benzene rings is 1. The van der Waals surface area contributed by atoms with Gasteiger partial charge in [-0.2, -0.15) is 0 Å². The summed E-state index contributed by atoms with van der Waals surface area (Å²) >= 11 is 0. The van der Waals surface area contributed by atoms with Crippen molar-refractivity contribution in [1.82, 2.24) is 0 Å². The molecule has 2 atom stereocenters. The largest absolute Gasteiger partial charge is 0.468 e. The summed E-state index contributed by atoms with van der Waals surface area (Å²) in [5.74, 6) is -2.42. The molecule has 0 unspecified atom stereocenters. The van der Waals surface area contributed by atoms with E-state index in [-0.39, 0.29) is 12.0 Å². The molecule has 1 saturated carbocycles. The Hall–Kier alpha value is -1.49. The third kappa shape index (κ3) is 2.12. The molecule has 2 rings (SSSR count). The number of ether oxygens (including phenoxy) is 1. The van der Waals surface area contributed by atoms with Gasteiger partial charge in [0.2, 0.25) is 0 Å². The Kier molecular flexibility index (Phi) is 3.58.